The van der Waals surface area contributed by atoms with Crippen molar-refractivity contribution in [2.75, 3.05) is 25.0 Å². The quantitative estimate of drug-likeness (QED) is 0.907. The first-order valence-electron chi connectivity index (χ1n) is 8.38. The molecule has 0 radical (unpaired) electrons. The van der Waals surface area contributed by atoms with Crippen LogP contribution in [0.15, 0.2) is 29.0 Å². The van der Waals surface area contributed by atoms with Gasteiger partial charge in [-0.3, -0.25) is 9.78 Å². The smallest absolute Gasteiger partial charge is 0.241 e. The molecule has 128 valence electrons. The van der Waals surface area contributed by atoms with Crippen LogP contribution in [0.3, 0.4) is 0 Å². The van der Waals surface area contributed by atoms with E-state index in [2.05, 4.69) is 20.4 Å². The fourth-order valence-corrected chi connectivity index (χ4v) is 2.78. The molecule has 0 bridgehead atoms. The van der Waals surface area contributed by atoms with Crippen molar-refractivity contribution in [2.24, 2.45) is 0 Å². The van der Waals surface area contributed by atoms with Gasteiger partial charge in [0.15, 0.2) is 5.82 Å². The highest BCUT2D eigenvalue weighted by molar-refractivity contribution is 5.80. The Morgan fingerprint density at radius 2 is 2.21 bits per heavy atom. The Labute approximate surface area is 141 Å². The maximum atomic E-state index is 12.3. The van der Waals surface area contributed by atoms with Crippen LogP contribution in [0.4, 0.5) is 5.69 Å². The first-order valence-corrected chi connectivity index (χ1v) is 8.38. The maximum absolute atomic E-state index is 12.3. The first-order chi connectivity index (χ1) is 11.6. The number of carbonyl (C=O) groups excluding carboxylic acids is 1. The summed E-state index contributed by atoms with van der Waals surface area (Å²) in [6.45, 7) is 5.82. The van der Waals surface area contributed by atoms with Gasteiger partial charge >= 0.3 is 0 Å². The van der Waals surface area contributed by atoms with Gasteiger partial charge < -0.3 is 14.7 Å². The summed E-state index contributed by atoms with van der Waals surface area (Å²) in [7, 11) is 0. The molecule has 0 saturated carbocycles. The van der Waals surface area contributed by atoms with E-state index in [1.54, 1.807) is 12.4 Å². The number of likely N-dealkylation sites (tertiary alicyclic amines) is 1. The van der Waals surface area contributed by atoms with E-state index in [4.69, 9.17) is 4.52 Å². The largest absolute Gasteiger partial charge is 0.375 e. The van der Waals surface area contributed by atoms with Crippen molar-refractivity contribution in [3.8, 4) is 0 Å². The van der Waals surface area contributed by atoms with E-state index in [1.807, 2.05) is 30.9 Å². The molecule has 1 aliphatic rings. The molecular weight excluding hydrogens is 306 g/mol. The average Bonchev–Trinajstić information content (AvgIpc) is 3.11. The highest BCUT2D eigenvalue weighted by Crippen LogP contribution is 2.27. The molecule has 1 N–H and O–H groups in total. The van der Waals surface area contributed by atoms with E-state index in [9.17, 15) is 4.79 Å². The number of nitrogens with one attached hydrogen (secondary N) is 1. The fraction of sp³-hybridized carbons (Fsp3) is 0.529. The van der Waals surface area contributed by atoms with Crippen molar-refractivity contribution in [2.45, 2.75) is 38.5 Å². The molecule has 2 aromatic heterocycles. The van der Waals surface area contributed by atoms with Gasteiger partial charge in [-0.25, -0.2) is 0 Å². The molecule has 0 unspecified atom stereocenters. The lowest BCUT2D eigenvalue weighted by molar-refractivity contribution is -0.130. The zero-order chi connectivity index (χ0) is 16.9. The molecule has 24 heavy (non-hydrogen) atoms. The minimum absolute atomic E-state index is 0.103. The minimum Gasteiger partial charge on any atom is -0.375 e. The van der Waals surface area contributed by atoms with E-state index in [0.29, 0.717) is 5.89 Å². The van der Waals surface area contributed by atoms with Crippen LogP contribution in [0.5, 0.6) is 0 Å². The Bertz CT molecular complexity index is 663. The third-order valence-electron chi connectivity index (χ3n) is 4.28. The van der Waals surface area contributed by atoms with Crippen LogP contribution in [0.25, 0.3) is 0 Å². The molecule has 0 spiro atoms. The number of amides is 1. The number of piperidine rings is 1. The molecule has 1 saturated heterocycles. The van der Waals surface area contributed by atoms with Gasteiger partial charge in [-0.2, -0.15) is 4.98 Å². The number of pyridine rings is 1. The summed E-state index contributed by atoms with van der Waals surface area (Å²) in [5.74, 6) is 2.08. The minimum atomic E-state index is 0.103. The highest BCUT2D eigenvalue weighted by Gasteiger charge is 2.27. The molecule has 0 aliphatic carbocycles. The summed E-state index contributed by atoms with van der Waals surface area (Å²) in [6, 6.07) is 3.74. The zero-order valence-corrected chi connectivity index (χ0v) is 14.1. The van der Waals surface area contributed by atoms with Gasteiger partial charge in [0.2, 0.25) is 11.8 Å². The fourth-order valence-electron chi connectivity index (χ4n) is 2.78. The molecule has 0 atom stereocenters. The lowest BCUT2D eigenvalue weighted by Gasteiger charge is -2.30. The van der Waals surface area contributed by atoms with E-state index in [1.165, 1.54) is 0 Å². The van der Waals surface area contributed by atoms with Crippen LogP contribution in [-0.4, -0.2) is 45.6 Å². The average molecular weight is 329 g/mol. The molecule has 7 nitrogen and oxygen atoms in total. The molecule has 2 aromatic rings. The third kappa shape index (κ3) is 3.90. The van der Waals surface area contributed by atoms with Gasteiger partial charge in [-0.15, -0.1) is 0 Å². The van der Waals surface area contributed by atoms with Gasteiger partial charge in [0.1, 0.15) is 0 Å². The Balaban J connectivity index is 1.48. The van der Waals surface area contributed by atoms with Crippen molar-refractivity contribution in [3.05, 3.63) is 36.2 Å². The van der Waals surface area contributed by atoms with Crippen LogP contribution >= 0.6 is 0 Å². The second-order valence-electron chi connectivity index (χ2n) is 6.40. The Morgan fingerprint density at radius 3 is 2.83 bits per heavy atom. The lowest BCUT2D eigenvalue weighted by Crippen LogP contribution is -2.41. The third-order valence-corrected chi connectivity index (χ3v) is 4.28. The Hall–Kier alpha value is -2.44. The van der Waals surface area contributed by atoms with Crippen molar-refractivity contribution >= 4 is 11.6 Å². The summed E-state index contributed by atoms with van der Waals surface area (Å²) >= 11 is 0. The normalized spacial score (nSPS) is 15.7. The zero-order valence-electron chi connectivity index (χ0n) is 14.1. The predicted molar refractivity (Wildman–Crippen MR) is 89.7 cm³/mol. The van der Waals surface area contributed by atoms with Crippen LogP contribution in [0.2, 0.25) is 0 Å². The van der Waals surface area contributed by atoms with Crippen LogP contribution in [-0.2, 0) is 4.79 Å². The van der Waals surface area contributed by atoms with E-state index >= 15 is 0 Å². The molecular formula is C17H23N5O2. The maximum Gasteiger partial charge on any atom is 0.241 e. The van der Waals surface area contributed by atoms with Crippen LogP contribution in [0, 0.1) is 0 Å². The second kappa shape index (κ2) is 7.42. The van der Waals surface area contributed by atoms with Crippen molar-refractivity contribution in [3.63, 3.8) is 0 Å². The number of hydrogen-bond donors (Lipinski definition) is 1. The van der Waals surface area contributed by atoms with Crippen LogP contribution < -0.4 is 5.32 Å². The van der Waals surface area contributed by atoms with E-state index in [0.717, 1.165) is 37.4 Å². The van der Waals surface area contributed by atoms with Gasteiger partial charge in [0.05, 0.1) is 12.2 Å². The standard InChI is InChI=1S/C17H23N5O2/c1-12(2)16-20-17(24-21-16)13-5-8-22(9-6-13)15(23)11-19-14-4-3-7-18-10-14/h3-4,7,10,12-13,19H,5-6,8-9,11H2,1-2H3. The molecule has 3 heterocycles. The topological polar surface area (TPSA) is 84.2 Å². The van der Waals surface area contributed by atoms with E-state index < -0.39 is 0 Å². The summed E-state index contributed by atoms with van der Waals surface area (Å²) in [5.41, 5.74) is 0.854. The summed E-state index contributed by atoms with van der Waals surface area (Å²) in [4.78, 5) is 22.7. The van der Waals surface area contributed by atoms with Gasteiger partial charge in [0.25, 0.3) is 0 Å². The number of aromatic nitrogens is 3. The van der Waals surface area contributed by atoms with Crippen molar-refractivity contribution in [1.29, 1.82) is 0 Å². The summed E-state index contributed by atoms with van der Waals surface area (Å²) in [5, 5.41) is 7.13. The molecule has 1 fully saturated rings. The van der Waals surface area contributed by atoms with Gasteiger partial charge in [0, 0.05) is 37.3 Å². The first kappa shape index (κ1) is 16.4. The van der Waals surface area contributed by atoms with Crippen molar-refractivity contribution in [1.82, 2.24) is 20.0 Å². The molecule has 0 aromatic carbocycles. The number of nitrogens with zero attached hydrogens (tertiary/aromatic N) is 4. The molecule has 1 amide bonds. The number of rotatable bonds is 5. The van der Waals surface area contributed by atoms with E-state index in [-0.39, 0.29) is 24.3 Å². The van der Waals surface area contributed by atoms with Crippen LogP contribution in [0.1, 0.15) is 50.2 Å². The number of anilines is 1. The Kier molecular flexibility index (Phi) is 5.08. The van der Waals surface area contributed by atoms with Gasteiger partial charge in [-0.1, -0.05) is 19.0 Å². The Morgan fingerprint density at radius 1 is 1.42 bits per heavy atom. The number of hydrogen-bond acceptors (Lipinski definition) is 6. The SMILES string of the molecule is CC(C)c1noc(C2CCN(C(=O)CNc3cccnc3)CC2)n1. The molecule has 7 heteroatoms. The van der Waals surface area contributed by atoms with Crippen molar-refractivity contribution < 1.29 is 9.32 Å². The molecule has 1 aliphatic heterocycles. The highest BCUT2D eigenvalue weighted by atomic mass is 16.5. The number of carbonyl (C=O) groups is 1. The lowest BCUT2D eigenvalue weighted by atomic mass is 9.96. The summed E-state index contributed by atoms with van der Waals surface area (Å²) < 4.78 is 5.38. The summed E-state index contributed by atoms with van der Waals surface area (Å²) in [6.07, 6.45) is 5.14. The molecule has 3 rings (SSSR count). The predicted octanol–water partition coefficient (Wildman–Crippen LogP) is 2.41. The monoisotopic (exact) mass is 329 g/mol. The second-order valence-corrected chi connectivity index (χ2v) is 6.40. The van der Waals surface area contributed by atoms with Gasteiger partial charge in [-0.05, 0) is 25.0 Å².